The van der Waals surface area contributed by atoms with Crippen LogP contribution in [0, 0.1) is 6.92 Å². The van der Waals surface area contributed by atoms with Gasteiger partial charge in [-0.15, -0.1) is 10.2 Å². The van der Waals surface area contributed by atoms with Gasteiger partial charge in [0.15, 0.2) is 11.0 Å². The van der Waals surface area contributed by atoms with Gasteiger partial charge in [0.1, 0.15) is 0 Å². The molecule has 1 aromatic heterocycles. The molecule has 138 valence electrons. The van der Waals surface area contributed by atoms with Gasteiger partial charge in [-0.2, -0.15) is 0 Å². The van der Waals surface area contributed by atoms with Crippen LogP contribution in [-0.2, 0) is 4.79 Å². The molecule has 0 radical (unpaired) electrons. The summed E-state index contributed by atoms with van der Waals surface area (Å²) in [4.78, 5) is 23.2. The van der Waals surface area contributed by atoms with Crippen LogP contribution in [0.25, 0.3) is 17.1 Å². The number of carbonyl (C=O) groups is 2. The highest BCUT2D eigenvalue weighted by Crippen LogP contribution is 2.28. The number of rotatable bonds is 5. The van der Waals surface area contributed by atoms with Crippen molar-refractivity contribution in [1.82, 2.24) is 25.4 Å². The molecule has 8 heteroatoms. The molecule has 3 rings (SSSR count). The molecule has 2 N–H and O–H groups in total. The molecular formula is C19H19N5O2S. The first-order valence-electron chi connectivity index (χ1n) is 8.30. The van der Waals surface area contributed by atoms with Crippen molar-refractivity contribution in [1.29, 1.82) is 0 Å². The number of para-hydroxylation sites is 1. The van der Waals surface area contributed by atoms with Crippen LogP contribution < -0.4 is 10.6 Å². The maximum atomic E-state index is 11.9. The number of aromatic nitrogens is 3. The fourth-order valence-corrected chi connectivity index (χ4v) is 3.17. The Morgan fingerprint density at radius 3 is 2.41 bits per heavy atom. The molecule has 0 spiro atoms. The standard InChI is InChI=1S/C19H19N5O2S/c1-13-8-10-14(11-9-13)17-22-23-19(24(17)15-6-4-3-5-7-15)27-12-16(25)21-18(26)20-2/h3-11H,12H2,1-2H3,(H2,20,21,25,26). The Bertz CT molecular complexity index is 938. The molecule has 0 aliphatic heterocycles. The molecule has 3 aromatic rings. The van der Waals surface area contributed by atoms with Crippen molar-refractivity contribution >= 4 is 23.7 Å². The monoisotopic (exact) mass is 381 g/mol. The molecule has 0 saturated carbocycles. The van der Waals surface area contributed by atoms with E-state index in [1.807, 2.05) is 66.1 Å². The molecule has 7 nitrogen and oxygen atoms in total. The Morgan fingerprint density at radius 1 is 1.04 bits per heavy atom. The van der Waals surface area contributed by atoms with E-state index in [1.165, 1.54) is 18.8 Å². The maximum absolute atomic E-state index is 11.9. The number of amides is 3. The van der Waals surface area contributed by atoms with Gasteiger partial charge in [-0.3, -0.25) is 14.7 Å². The third kappa shape index (κ3) is 4.53. The number of aryl methyl sites for hydroxylation is 1. The Kier molecular flexibility index (Phi) is 5.87. The molecule has 0 bridgehead atoms. The van der Waals surface area contributed by atoms with Crippen molar-refractivity contribution < 1.29 is 9.59 Å². The molecule has 0 atom stereocenters. The van der Waals surface area contributed by atoms with E-state index in [0.29, 0.717) is 11.0 Å². The Morgan fingerprint density at radius 2 is 1.74 bits per heavy atom. The minimum absolute atomic E-state index is 0.0479. The highest BCUT2D eigenvalue weighted by Gasteiger charge is 2.17. The molecule has 2 aromatic carbocycles. The summed E-state index contributed by atoms with van der Waals surface area (Å²) in [7, 11) is 1.45. The van der Waals surface area contributed by atoms with Crippen molar-refractivity contribution in [2.45, 2.75) is 12.1 Å². The van der Waals surface area contributed by atoms with Gasteiger partial charge in [0, 0.05) is 18.3 Å². The second kappa shape index (κ2) is 8.50. The van der Waals surface area contributed by atoms with Gasteiger partial charge in [0.05, 0.1) is 5.75 Å². The summed E-state index contributed by atoms with van der Waals surface area (Å²) in [5.41, 5.74) is 2.98. The molecule has 0 fully saturated rings. The van der Waals surface area contributed by atoms with Crippen molar-refractivity contribution in [2.24, 2.45) is 0 Å². The number of benzene rings is 2. The largest absolute Gasteiger partial charge is 0.341 e. The molecule has 0 unspecified atom stereocenters. The number of hydrogen-bond acceptors (Lipinski definition) is 5. The number of urea groups is 1. The van der Waals surface area contributed by atoms with Crippen LogP contribution in [0.2, 0.25) is 0 Å². The first-order chi connectivity index (χ1) is 13.1. The van der Waals surface area contributed by atoms with Crippen LogP contribution in [0.5, 0.6) is 0 Å². The molecule has 0 aliphatic rings. The molecule has 3 amide bonds. The average Bonchev–Trinajstić information content (AvgIpc) is 3.11. The van der Waals surface area contributed by atoms with Gasteiger partial charge in [0.25, 0.3) is 0 Å². The van der Waals surface area contributed by atoms with Crippen LogP contribution in [-0.4, -0.2) is 39.5 Å². The van der Waals surface area contributed by atoms with E-state index in [2.05, 4.69) is 20.8 Å². The number of imide groups is 1. The van der Waals surface area contributed by atoms with Gasteiger partial charge in [0.2, 0.25) is 5.91 Å². The fraction of sp³-hybridized carbons (Fsp3) is 0.158. The topological polar surface area (TPSA) is 88.9 Å². The third-order valence-electron chi connectivity index (χ3n) is 3.77. The minimum atomic E-state index is -0.537. The zero-order valence-electron chi connectivity index (χ0n) is 15.0. The van der Waals surface area contributed by atoms with Gasteiger partial charge < -0.3 is 5.32 Å². The highest BCUT2D eigenvalue weighted by atomic mass is 32.2. The lowest BCUT2D eigenvalue weighted by molar-refractivity contribution is -0.117. The van der Waals surface area contributed by atoms with Crippen LogP contribution in [0.15, 0.2) is 59.8 Å². The van der Waals surface area contributed by atoms with Crippen LogP contribution in [0.4, 0.5) is 4.79 Å². The lowest BCUT2D eigenvalue weighted by Gasteiger charge is -2.10. The molecule has 27 heavy (non-hydrogen) atoms. The number of nitrogens with zero attached hydrogens (tertiary/aromatic N) is 3. The van der Waals surface area contributed by atoms with Crippen molar-refractivity contribution in [3.8, 4) is 17.1 Å². The first-order valence-corrected chi connectivity index (χ1v) is 9.29. The average molecular weight is 381 g/mol. The highest BCUT2D eigenvalue weighted by molar-refractivity contribution is 7.99. The van der Waals surface area contributed by atoms with Crippen molar-refractivity contribution in [3.63, 3.8) is 0 Å². The van der Waals surface area contributed by atoms with Crippen LogP contribution >= 0.6 is 11.8 Å². The van der Waals surface area contributed by atoms with Crippen LogP contribution in [0.1, 0.15) is 5.56 Å². The SMILES string of the molecule is CNC(=O)NC(=O)CSc1nnc(-c2ccc(C)cc2)n1-c1ccccc1. The fourth-order valence-electron chi connectivity index (χ4n) is 2.42. The summed E-state index contributed by atoms with van der Waals surface area (Å²) in [5, 5.41) is 13.7. The lowest BCUT2D eigenvalue weighted by Crippen LogP contribution is -2.38. The van der Waals surface area contributed by atoms with E-state index in [4.69, 9.17) is 0 Å². The first kappa shape index (κ1) is 18.7. The lowest BCUT2D eigenvalue weighted by atomic mass is 10.1. The second-order valence-electron chi connectivity index (χ2n) is 5.76. The smallest absolute Gasteiger partial charge is 0.321 e. The normalized spacial score (nSPS) is 10.4. The van der Waals surface area contributed by atoms with E-state index in [1.54, 1.807) is 0 Å². The van der Waals surface area contributed by atoms with E-state index in [-0.39, 0.29) is 5.75 Å². The number of carbonyl (C=O) groups excluding carboxylic acids is 2. The number of nitrogens with one attached hydrogen (secondary N) is 2. The summed E-state index contributed by atoms with van der Waals surface area (Å²) < 4.78 is 1.91. The summed E-state index contributed by atoms with van der Waals surface area (Å²) >= 11 is 1.22. The van der Waals surface area contributed by atoms with E-state index in [9.17, 15) is 9.59 Å². The zero-order chi connectivity index (χ0) is 19.2. The molecule has 0 saturated heterocycles. The summed E-state index contributed by atoms with van der Waals surface area (Å²) in [6.45, 7) is 2.03. The summed E-state index contributed by atoms with van der Waals surface area (Å²) in [6, 6.07) is 17.2. The number of thioether (sulfide) groups is 1. The Labute approximate surface area is 161 Å². The van der Waals surface area contributed by atoms with Gasteiger partial charge >= 0.3 is 6.03 Å². The van der Waals surface area contributed by atoms with E-state index < -0.39 is 11.9 Å². The summed E-state index contributed by atoms with van der Waals surface area (Å²) in [6.07, 6.45) is 0. The van der Waals surface area contributed by atoms with Gasteiger partial charge in [-0.1, -0.05) is 59.8 Å². The van der Waals surface area contributed by atoms with Gasteiger partial charge in [-0.05, 0) is 19.1 Å². The van der Waals surface area contributed by atoms with Crippen LogP contribution in [0.3, 0.4) is 0 Å². The minimum Gasteiger partial charge on any atom is -0.341 e. The summed E-state index contributed by atoms with van der Waals surface area (Å²) in [5.74, 6) is 0.334. The Hall–Kier alpha value is -3.13. The van der Waals surface area contributed by atoms with E-state index in [0.717, 1.165) is 16.8 Å². The molecular weight excluding hydrogens is 362 g/mol. The molecule has 0 aliphatic carbocycles. The molecule has 1 heterocycles. The van der Waals surface area contributed by atoms with E-state index >= 15 is 0 Å². The zero-order valence-corrected chi connectivity index (χ0v) is 15.8. The predicted octanol–water partition coefficient (Wildman–Crippen LogP) is 2.79. The number of hydrogen-bond donors (Lipinski definition) is 2. The maximum Gasteiger partial charge on any atom is 0.321 e. The quantitative estimate of drug-likeness (QED) is 0.664. The third-order valence-corrected chi connectivity index (χ3v) is 4.70. The Balaban J connectivity index is 1.91. The van der Waals surface area contributed by atoms with Crippen molar-refractivity contribution in [3.05, 3.63) is 60.2 Å². The van der Waals surface area contributed by atoms with Crippen molar-refractivity contribution in [2.75, 3.05) is 12.8 Å². The predicted molar refractivity (Wildman–Crippen MR) is 105 cm³/mol. The second-order valence-corrected chi connectivity index (χ2v) is 6.70. The van der Waals surface area contributed by atoms with Gasteiger partial charge in [-0.25, -0.2) is 4.79 Å².